The topological polar surface area (TPSA) is 23.6 Å². The van der Waals surface area contributed by atoms with Gasteiger partial charge in [-0.3, -0.25) is 4.79 Å². The maximum atomic E-state index is 12.7. The zero-order valence-corrected chi connectivity index (χ0v) is 13.6. The first-order valence-electron chi connectivity index (χ1n) is 8.21. The molecule has 21 heavy (non-hydrogen) atoms. The predicted octanol–water partition coefficient (Wildman–Crippen LogP) is 3.16. The van der Waals surface area contributed by atoms with Gasteiger partial charge in [0.05, 0.1) is 5.41 Å². The molecule has 0 saturated carbocycles. The van der Waals surface area contributed by atoms with Crippen LogP contribution in [-0.4, -0.2) is 42.4 Å². The second-order valence-electron chi connectivity index (χ2n) is 6.05. The Bertz CT molecular complexity index is 450. The molecule has 3 nitrogen and oxygen atoms in total. The van der Waals surface area contributed by atoms with Crippen LogP contribution >= 0.6 is 0 Å². The summed E-state index contributed by atoms with van der Waals surface area (Å²) in [5.74, 6) is 0.393. The van der Waals surface area contributed by atoms with E-state index in [1.165, 1.54) is 5.56 Å². The monoisotopic (exact) mass is 288 g/mol. The number of hydrogen-bond acceptors (Lipinski definition) is 2. The molecular formula is C18H28N2O. The van der Waals surface area contributed by atoms with Crippen LogP contribution in [0.4, 0.5) is 0 Å². The van der Waals surface area contributed by atoms with Gasteiger partial charge >= 0.3 is 0 Å². The van der Waals surface area contributed by atoms with E-state index in [4.69, 9.17) is 0 Å². The molecule has 0 atom stereocenters. The van der Waals surface area contributed by atoms with Crippen LogP contribution in [0.3, 0.4) is 0 Å². The minimum atomic E-state index is -0.0404. The number of rotatable bonds is 2. The molecule has 2 aliphatic rings. The Balaban J connectivity index is 0.000000774. The molecule has 0 radical (unpaired) electrons. The van der Waals surface area contributed by atoms with Crippen LogP contribution in [0.2, 0.25) is 0 Å². The van der Waals surface area contributed by atoms with Crippen molar-refractivity contribution in [3.63, 3.8) is 0 Å². The van der Waals surface area contributed by atoms with E-state index in [9.17, 15) is 4.79 Å². The Kier molecular flexibility index (Phi) is 5.40. The summed E-state index contributed by atoms with van der Waals surface area (Å²) in [6, 6.07) is 10.3. The molecule has 0 unspecified atom stereocenters. The molecule has 1 aromatic rings. The third-order valence-electron chi connectivity index (χ3n) is 4.76. The molecule has 3 heteroatoms. The Hall–Kier alpha value is -1.35. The Morgan fingerprint density at radius 2 is 1.57 bits per heavy atom. The fourth-order valence-corrected chi connectivity index (χ4v) is 3.36. The first-order valence-corrected chi connectivity index (χ1v) is 8.21. The highest BCUT2D eigenvalue weighted by Gasteiger charge is 2.47. The number of benzene rings is 1. The van der Waals surface area contributed by atoms with Gasteiger partial charge in [-0.15, -0.1) is 0 Å². The van der Waals surface area contributed by atoms with Crippen LogP contribution in [0.25, 0.3) is 0 Å². The van der Waals surface area contributed by atoms with E-state index in [0.29, 0.717) is 5.91 Å². The molecule has 3 rings (SSSR count). The number of nitrogens with zero attached hydrogens (tertiary/aromatic N) is 2. The highest BCUT2D eigenvalue weighted by atomic mass is 16.2. The van der Waals surface area contributed by atoms with Gasteiger partial charge < -0.3 is 9.80 Å². The summed E-state index contributed by atoms with van der Waals surface area (Å²) in [6.07, 6.45) is 3.12. The van der Waals surface area contributed by atoms with Crippen LogP contribution in [0, 0.1) is 5.41 Å². The lowest BCUT2D eigenvalue weighted by molar-refractivity contribution is -0.138. The van der Waals surface area contributed by atoms with E-state index in [1.807, 2.05) is 32.0 Å². The van der Waals surface area contributed by atoms with Crippen LogP contribution in [0.15, 0.2) is 30.3 Å². The summed E-state index contributed by atoms with van der Waals surface area (Å²) in [5.41, 5.74) is 1.20. The number of likely N-dealkylation sites (tertiary alicyclic amines) is 2. The van der Waals surface area contributed by atoms with E-state index in [2.05, 4.69) is 29.0 Å². The number of piperidine rings is 1. The molecule has 2 saturated heterocycles. The highest BCUT2D eigenvalue weighted by molar-refractivity contribution is 5.85. The third-order valence-corrected chi connectivity index (χ3v) is 4.76. The smallest absolute Gasteiger partial charge is 0.229 e. The van der Waals surface area contributed by atoms with Crippen molar-refractivity contribution in [2.75, 3.05) is 26.7 Å². The van der Waals surface area contributed by atoms with Crippen LogP contribution in [0.1, 0.15) is 38.7 Å². The maximum absolute atomic E-state index is 12.7. The van der Waals surface area contributed by atoms with E-state index in [1.54, 1.807) is 0 Å². The normalized spacial score (nSPS) is 21.3. The Labute approximate surface area is 128 Å². The van der Waals surface area contributed by atoms with Crippen molar-refractivity contribution in [3.8, 4) is 0 Å². The van der Waals surface area contributed by atoms with E-state index < -0.39 is 0 Å². The van der Waals surface area contributed by atoms with Gasteiger partial charge in [-0.05, 0) is 45.0 Å². The van der Waals surface area contributed by atoms with Crippen molar-refractivity contribution >= 4 is 5.91 Å². The minimum Gasteiger partial charge on any atom is -0.338 e. The van der Waals surface area contributed by atoms with Crippen molar-refractivity contribution < 1.29 is 4.79 Å². The predicted molar refractivity (Wildman–Crippen MR) is 87.0 cm³/mol. The van der Waals surface area contributed by atoms with Gasteiger partial charge in [0.2, 0.25) is 5.91 Å². The molecule has 116 valence electrons. The number of amides is 1. The lowest BCUT2D eigenvalue weighted by Crippen LogP contribution is -2.43. The molecule has 1 aromatic carbocycles. The quantitative estimate of drug-likeness (QED) is 0.834. The summed E-state index contributed by atoms with van der Waals surface area (Å²) in [7, 11) is 2.15. The number of hydrogen-bond donors (Lipinski definition) is 0. The molecule has 0 N–H and O–H groups in total. The van der Waals surface area contributed by atoms with Gasteiger partial charge in [0, 0.05) is 13.1 Å². The van der Waals surface area contributed by atoms with Gasteiger partial charge in [-0.2, -0.15) is 0 Å². The first kappa shape index (κ1) is 16.0. The molecule has 2 fully saturated rings. The Morgan fingerprint density at radius 3 is 2.19 bits per heavy atom. The van der Waals surface area contributed by atoms with Crippen LogP contribution in [-0.2, 0) is 11.3 Å². The van der Waals surface area contributed by atoms with Crippen molar-refractivity contribution in [3.05, 3.63) is 35.9 Å². The average Bonchev–Trinajstić information content (AvgIpc) is 2.83. The number of carbonyl (C=O) groups excluding carboxylic acids is 1. The van der Waals surface area contributed by atoms with Crippen LogP contribution in [0.5, 0.6) is 0 Å². The summed E-state index contributed by atoms with van der Waals surface area (Å²) in [6.45, 7) is 7.82. The van der Waals surface area contributed by atoms with Crippen molar-refractivity contribution in [2.24, 2.45) is 5.41 Å². The minimum absolute atomic E-state index is 0.0404. The van der Waals surface area contributed by atoms with Crippen LogP contribution < -0.4 is 0 Å². The summed E-state index contributed by atoms with van der Waals surface area (Å²) < 4.78 is 0. The molecular weight excluding hydrogens is 260 g/mol. The average molecular weight is 288 g/mol. The zero-order chi connectivity index (χ0) is 15.3. The first-order chi connectivity index (χ1) is 10.2. The molecule has 2 aliphatic heterocycles. The summed E-state index contributed by atoms with van der Waals surface area (Å²) in [4.78, 5) is 17.1. The largest absolute Gasteiger partial charge is 0.338 e. The van der Waals surface area contributed by atoms with Gasteiger partial charge in [0.25, 0.3) is 0 Å². The SMILES string of the molecule is CC.CN1CCC2(CC1)CCN(Cc1ccccc1)C2=O. The second-order valence-corrected chi connectivity index (χ2v) is 6.05. The van der Waals surface area contributed by atoms with Gasteiger partial charge in [-0.1, -0.05) is 44.2 Å². The highest BCUT2D eigenvalue weighted by Crippen LogP contribution is 2.41. The van der Waals surface area contributed by atoms with Gasteiger partial charge in [0.1, 0.15) is 0 Å². The zero-order valence-electron chi connectivity index (χ0n) is 13.6. The maximum Gasteiger partial charge on any atom is 0.229 e. The Morgan fingerprint density at radius 1 is 1.00 bits per heavy atom. The van der Waals surface area contributed by atoms with Crippen molar-refractivity contribution in [1.82, 2.24) is 9.80 Å². The van der Waals surface area contributed by atoms with E-state index in [-0.39, 0.29) is 5.41 Å². The van der Waals surface area contributed by atoms with Gasteiger partial charge in [0.15, 0.2) is 0 Å². The lowest BCUT2D eigenvalue weighted by atomic mass is 9.77. The summed E-state index contributed by atoms with van der Waals surface area (Å²) >= 11 is 0. The third kappa shape index (κ3) is 3.46. The molecule has 1 amide bonds. The van der Waals surface area contributed by atoms with Crippen molar-refractivity contribution in [1.29, 1.82) is 0 Å². The molecule has 0 bridgehead atoms. The molecule has 0 aliphatic carbocycles. The number of carbonyl (C=O) groups is 1. The molecule has 1 spiro atoms. The fourth-order valence-electron chi connectivity index (χ4n) is 3.36. The standard InChI is InChI=1S/C16H22N2O.C2H6/c1-17-10-7-16(8-11-17)9-12-18(15(16)19)13-14-5-3-2-4-6-14;1-2/h2-6H,7-13H2,1H3;1-2H3. The van der Waals surface area contributed by atoms with Crippen molar-refractivity contribution in [2.45, 2.75) is 39.7 Å². The van der Waals surface area contributed by atoms with E-state index in [0.717, 1.165) is 45.4 Å². The summed E-state index contributed by atoms with van der Waals surface area (Å²) in [5, 5.41) is 0. The second kappa shape index (κ2) is 7.08. The molecule has 0 aromatic heterocycles. The molecule has 2 heterocycles. The van der Waals surface area contributed by atoms with E-state index >= 15 is 0 Å². The van der Waals surface area contributed by atoms with Gasteiger partial charge in [-0.25, -0.2) is 0 Å². The lowest BCUT2D eigenvalue weighted by Gasteiger charge is -2.36. The fraction of sp³-hybridized carbons (Fsp3) is 0.611.